The number of phenolic OH excluding ortho intramolecular Hbond substituents is 1. The van der Waals surface area contributed by atoms with E-state index in [1.165, 1.54) is 0 Å². The second-order valence-corrected chi connectivity index (χ2v) is 13.1. The number of ether oxygens (including phenoxy) is 1. The Labute approximate surface area is 270 Å². The number of H-pyrrole nitrogens is 1. The molecule has 9 nitrogen and oxygen atoms in total. The number of amides is 3. The zero-order chi connectivity index (χ0) is 32.3. The van der Waals surface area contributed by atoms with Crippen molar-refractivity contribution in [2.45, 2.75) is 38.7 Å². The maximum atomic E-state index is 13.7. The topological polar surface area (TPSA) is 115 Å². The SMILES string of the molecule is CC(C)(C)OC(=O)N1CCc2c1ccc1[nH]c(C(=O)Nc3ccc(C(=O)N4C[C@@H](CCl)c5c4cc(O)c4ccccc54)cc3)cc21. The van der Waals surface area contributed by atoms with Gasteiger partial charge in [-0.2, -0.15) is 0 Å². The van der Waals surface area contributed by atoms with Crippen LogP contribution in [0.3, 0.4) is 0 Å². The number of phenols is 1. The van der Waals surface area contributed by atoms with E-state index >= 15 is 0 Å². The average Bonchev–Trinajstić information content (AvgIpc) is 3.75. The van der Waals surface area contributed by atoms with Crippen LogP contribution in [-0.2, 0) is 11.2 Å². The zero-order valence-corrected chi connectivity index (χ0v) is 26.4. The van der Waals surface area contributed by atoms with E-state index in [1.54, 1.807) is 46.2 Å². The Bertz CT molecular complexity index is 2050. The van der Waals surface area contributed by atoms with E-state index in [2.05, 4.69) is 10.3 Å². The van der Waals surface area contributed by atoms with Gasteiger partial charge in [-0.15, -0.1) is 11.6 Å². The first-order valence-electron chi connectivity index (χ1n) is 15.2. The number of aromatic nitrogens is 1. The molecule has 3 N–H and O–H groups in total. The summed E-state index contributed by atoms with van der Waals surface area (Å²) in [7, 11) is 0. The highest BCUT2D eigenvalue weighted by atomic mass is 35.5. The van der Waals surface area contributed by atoms with Crippen LogP contribution in [0, 0.1) is 0 Å². The molecule has 7 rings (SSSR count). The Morgan fingerprint density at radius 1 is 0.957 bits per heavy atom. The van der Waals surface area contributed by atoms with Crippen LogP contribution < -0.4 is 15.1 Å². The van der Waals surface area contributed by atoms with Crippen LogP contribution in [0.5, 0.6) is 5.75 Å². The summed E-state index contributed by atoms with van der Waals surface area (Å²) in [5, 5.41) is 16.1. The summed E-state index contributed by atoms with van der Waals surface area (Å²) < 4.78 is 5.57. The van der Waals surface area contributed by atoms with Gasteiger partial charge in [0.05, 0.1) is 11.4 Å². The molecular weight excluding hydrogens is 604 g/mol. The summed E-state index contributed by atoms with van der Waals surface area (Å²) in [4.78, 5) is 46.2. The molecule has 10 heteroatoms. The zero-order valence-electron chi connectivity index (χ0n) is 25.7. The predicted octanol–water partition coefficient (Wildman–Crippen LogP) is 7.56. The third-order valence-corrected chi connectivity index (χ3v) is 8.96. The second kappa shape index (κ2) is 11.1. The first kappa shape index (κ1) is 29.7. The second-order valence-electron chi connectivity index (χ2n) is 12.8. The lowest BCUT2D eigenvalue weighted by atomic mass is 9.95. The Morgan fingerprint density at radius 3 is 2.41 bits per heavy atom. The molecule has 0 bridgehead atoms. The van der Waals surface area contributed by atoms with Crippen LogP contribution in [0.2, 0.25) is 0 Å². The fourth-order valence-electron chi connectivity index (χ4n) is 6.54. The van der Waals surface area contributed by atoms with Crippen molar-refractivity contribution in [3.63, 3.8) is 0 Å². The Hall–Kier alpha value is -5.02. The standard InChI is InChI=1S/C36H33ClN4O5/c1-36(2,3)46-35(45)40-15-14-23-26-16-28(39-27(26)12-13-29(23)40)33(43)38-22-10-8-20(9-11-22)34(44)41-19-21(18-37)32-25-7-5-4-6-24(25)31(42)17-30(32)41/h4-13,16-17,21,39,42H,14-15,18-19H2,1-3H3,(H,38,43)/t21-/m1/s1. The minimum atomic E-state index is -0.596. The molecular formula is C36H33ClN4O5. The van der Waals surface area contributed by atoms with Gasteiger partial charge in [-0.3, -0.25) is 14.5 Å². The lowest BCUT2D eigenvalue weighted by Crippen LogP contribution is -2.35. The van der Waals surface area contributed by atoms with Crippen LogP contribution in [-0.4, -0.2) is 52.6 Å². The number of hydrogen-bond acceptors (Lipinski definition) is 5. The maximum Gasteiger partial charge on any atom is 0.414 e. The number of aromatic hydroxyl groups is 1. The van der Waals surface area contributed by atoms with E-state index in [0.717, 1.165) is 38.5 Å². The molecule has 46 heavy (non-hydrogen) atoms. The average molecular weight is 637 g/mol. The smallest absolute Gasteiger partial charge is 0.414 e. The quantitative estimate of drug-likeness (QED) is 0.176. The number of benzene rings is 4. The van der Waals surface area contributed by atoms with Crippen LogP contribution in [0.1, 0.15) is 58.7 Å². The summed E-state index contributed by atoms with van der Waals surface area (Å²) in [5.74, 6) is -0.154. The molecule has 0 saturated carbocycles. The van der Waals surface area contributed by atoms with Gasteiger partial charge in [0.25, 0.3) is 11.8 Å². The van der Waals surface area contributed by atoms with Crippen molar-refractivity contribution in [3.05, 3.63) is 95.2 Å². The number of rotatable bonds is 4. The van der Waals surface area contributed by atoms with Crippen LogP contribution in [0.15, 0.2) is 72.8 Å². The maximum absolute atomic E-state index is 13.7. The Balaban J connectivity index is 1.08. The van der Waals surface area contributed by atoms with E-state index in [-0.39, 0.29) is 29.6 Å². The lowest BCUT2D eigenvalue weighted by Gasteiger charge is -2.24. The molecule has 0 saturated heterocycles. The number of nitrogens with zero attached hydrogens (tertiary/aromatic N) is 2. The molecule has 4 aromatic carbocycles. The van der Waals surface area contributed by atoms with Crippen LogP contribution in [0.4, 0.5) is 21.9 Å². The van der Waals surface area contributed by atoms with E-state index in [9.17, 15) is 19.5 Å². The number of fused-ring (bicyclic) bond motifs is 6. The summed E-state index contributed by atoms with van der Waals surface area (Å²) in [6, 6.07) is 21.5. The van der Waals surface area contributed by atoms with Gasteiger partial charge in [0.1, 0.15) is 17.0 Å². The highest BCUT2D eigenvalue weighted by molar-refractivity contribution is 6.19. The normalized spacial score (nSPS) is 15.7. The first-order valence-corrected chi connectivity index (χ1v) is 15.7. The van der Waals surface area contributed by atoms with Gasteiger partial charge in [-0.1, -0.05) is 24.3 Å². The number of anilines is 3. The van der Waals surface area contributed by atoms with Crippen molar-refractivity contribution in [2.24, 2.45) is 0 Å². The van der Waals surface area contributed by atoms with Crippen LogP contribution >= 0.6 is 11.6 Å². The fraction of sp³-hybridized carbons (Fsp3) is 0.250. The Morgan fingerprint density at radius 2 is 1.70 bits per heavy atom. The monoisotopic (exact) mass is 636 g/mol. The number of carbonyl (C=O) groups is 3. The number of aromatic amines is 1. The molecule has 3 amide bonds. The molecule has 234 valence electrons. The highest BCUT2D eigenvalue weighted by Gasteiger charge is 2.35. The molecule has 5 aromatic rings. The number of halogens is 1. The third-order valence-electron chi connectivity index (χ3n) is 8.59. The largest absolute Gasteiger partial charge is 0.507 e. The van der Waals surface area contributed by atoms with Gasteiger partial charge in [0.2, 0.25) is 0 Å². The van der Waals surface area contributed by atoms with Crippen molar-refractivity contribution in [1.29, 1.82) is 0 Å². The molecule has 3 heterocycles. The molecule has 0 fully saturated rings. The summed E-state index contributed by atoms with van der Waals surface area (Å²) >= 11 is 6.34. The van der Waals surface area contributed by atoms with Crippen molar-refractivity contribution >= 4 is 68.2 Å². The van der Waals surface area contributed by atoms with Crippen molar-refractivity contribution in [3.8, 4) is 5.75 Å². The van der Waals surface area contributed by atoms with Crippen molar-refractivity contribution < 1.29 is 24.2 Å². The molecule has 0 unspecified atom stereocenters. The van der Waals surface area contributed by atoms with Gasteiger partial charge in [0.15, 0.2) is 0 Å². The van der Waals surface area contributed by atoms with E-state index in [4.69, 9.17) is 16.3 Å². The van der Waals surface area contributed by atoms with Gasteiger partial charge in [0, 0.05) is 58.5 Å². The molecule has 2 aliphatic rings. The molecule has 0 aliphatic carbocycles. The molecule has 0 radical (unpaired) electrons. The van der Waals surface area contributed by atoms with Gasteiger partial charge in [-0.05, 0) is 86.2 Å². The summed E-state index contributed by atoms with van der Waals surface area (Å²) in [5.41, 5.74) is 4.96. The van der Waals surface area contributed by atoms with Crippen molar-refractivity contribution in [1.82, 2.24) is 4.98 Å². The van der Waals surface area contributed by atoms with E-state index < -0.39 is 5.60 Å². The molecule has 2 aliphatic heterocycles. The van der Waals surface area contributed by atoms with Crippen molar-refractivity contribution in [2.75, 3.05) is 34.1 Å². The van der Waals surface area contributed by atoms with Crippen LogP contribution in [0.25, 0.3) is 21.7 Å². The fourth-order valence-corrected chi connectivity index (χ4v) is 6.79. The van der Waals surface area contributed by atoms with E-state index in [0.29, 0.717) is 48.0 Å². The lowest BCUT2D eigenvalue weighted by molar-refractivity contribution is 0.0583. The van der Waals surface area contributed by atoms with E-state index in [1.807, 2.05) is 57.2 Å². The Kier molecular flexibility index (Phi) is 7.16. The number of nitrogens with one attached hydrogen (secondary N) is 2. The molecule has 0 spiro atoms. The minimum absolute atomic E-state index is 0.0670. The van der Waals surface area contributed by atoms with Gasteiger partial charge in [-0.25, -0.2) is 4.79 Å². The van der Waals surface area contributed by atoms with Gasteiger partial charge < -0.3 is 25.0 Å². The number of hydrogen-bond donors (Lipinski definition) is 3. The van der Waals surface area contributed by atoms with Gasteiger partial charge >= 0.3 is 6.09 Å². The minimum Gasteiger partial charge on any atom is -0.507 e. The summed E-state index contributed by atoms with van der Waals surface area (Å²) in [6.07, 6.45) is 0.268. The number of carbonyl (C=O) groups excluding carboxylic acids is 3. The molecule has 1 aromatic heterocycles. The first-order chi connectivity index (χ1) is 22.0. The number of alkyl halides is 1. The third kappa shape index (κ3) is 5.10. The molecule has 1 atom stereocenters. The predicted molar refractivity (Wildman–Crippen MR) is 181 cm³/mol. The highest BCUT2D eigenvalue weighted by Crippen LogP contribution is 2.45. The summed E-state index contributed by atoms with van der Waals surface area (Å²) in [6.45, 7) is 6.43.